The molecule has 1 unspecified atom stereocenters. The van der Waals surface area contributed by atoms with Crippen LogP contribution in [0.5, 0.6) is 5.75 Å². The summed E-state index contributed by atoms with van der Waals surface area (Å²) in [6, 6.07) is 7.91. The Bertz CT molecular complexity index is 319. The van der Waals surface area contributed by atoms with Crippen molar-refractivity contribution < 1.29 is 14.6 Å². The van der Waals surface area contributed by atoms with Crippen LogP contribution in [0, 0.1) is 0 Å². The molecular weight excluding hydrogens is 204 g/mol. The first kappa shape index (κ1) is 13.0. The third kappa shape index (κ3) is 3.22. The number of hydrogen-bond donors (Lipinski definition) is 1. The maximum absolute atomic E-state index is 9.23. The van der Waals surface area contributed by atoms with Gasteiger partial charge in [0.25, 0.3) is 0 Å². The van der Waals surface area contributed by atoms with E-state index >= 15 is 0 Å². The Morgan fingerprint density at radius 3 is 2.50 bits per heavy atom. The summed E-state index contributed by atoms with van der Waals surface area (Å²) in [5.41, 5.74) is 0.669. The number of rotatable bonds is 6. The van der Waals surface area contributed by atoms with Gasteiger partial charge in [-0.1, -0.05) is 18.2 Å². The second-order valence-electron chi connectivity index (χ2n) is 4.12. The van der Waals surface area contributed by atoms with Crippen molar-refractivity contribution in [2.75, 3.05) is 20.8 Å². The van der Waals surface area contributed by atoms with Crippen LogP contribution < -0.4 is 4.74 Å². The summed E-state index contributed by atoms with van der Waals surface area (Å²) < 4.78 is 10.6. The van der Waals surface area contributed by atoms with Crippen LogP contribution in [0.15, 0.2) is 24.3 Å². The Kier molecular flexibility index (Phi) is 4.77. The first-order valence-electron chi connectivity index (χ1n) is 5.43. The molecule has 90 valence electrons. The van der Waals surface area contributed by atoms with Gasteiger partial charge < -0.3 is 14.6 Å². The van der Waals surface area contributed by atoms with E-state index in [9.17, 15) is 5.11 Å². The fourth-order valence-corrected chi connectivity index (χ4v) is 1.55. The van der Waals surface area contributed by atoms with Gasteiger partial charge in [-0.2, -0.15) is 0 Å². The Labute approximate surface area is 97.0 Å². The SMILES string of the molecule is COc1ccccc1CCC(C)(CO)OC. The summed E-state index contributed by atoms with van der Waals surface area (Å²) in [5, 5.41) is 9.23. The lowest BCUT2D eigenvalue weighted by Gasteiger charge is -2.25. The average Bonchev–Trinajstić information content (AvgIpc) is 2.36. The number of hydrogen-bond acceptors (Lipinski definition) is 3. The molecule has 16 heavy (non-hydrogen) atoms. The molecule has 0 radical (unpaired) electrons. The Morgan fingerprint density at radius 1 is 1.25 bits per heavy atom. The zero-order valence-electron chi connectivity index (χ0n) is 10.2. The van der Waals surface area contributed by atoms with Crippen molar-refractivity contribution in [2.45, 2.75) is 25.4 Å². The lowest BCUT2D eigenvalue weighted by atomic mass is 9.97. The molecule has 0 aliphatic carbocycles. The second kappa shape index (κ2) is 5.87. The van der Waals surface area contributed by atoms with Gasteiger partial charge in [-0.3, -0.25) is 0 Å². The molecule has 1 aromatic rings. The summed E-state index contributed by atoms with van der Waals surface area (Å²) >= 11 is 0. The zero-order valence-corrected chi connectivity index (χ0v) is 10.2. The number of aryl methyl sites for hydroxylation is 1. The Morgan fingerprint density at radius 2 is 1.94 bits per heavy atom. The summed E-state index contributed by atoms with van der Waals surface area (Å²) in [5.74, 6) is 0.888. The maximum Gasteiger partial charge on any atom is 0.122 e. The van der Waals surface area contributed by atoms with Crippen LogP contribution in [0.25, 0.3) is 0 Å². The van der Waals surface area contributed by atoms with Crippen LogP contribution in [0.2, 0.25) is 0 Å². The van der Waals surface area contributed by atoms with Gasteiger partial charge in [0, 0.05) is 7.11 Å². The number of methoxy groups -OCH3 is 2. The van der Waals surface area contributed by atoms with Crippen molar-refractivity contribution in [3.05, 3.63) is 29.8 Å². The minimum atomic E-state index is -0.471. The fraction of sp³-hybridized carbons (Fsp3) is 0.538. The molecule has 0 saturated heterocycles. The molecule has 3 heteroatoms. The standard InChI is InChI=1S/C13H20O3/c1-13(10-14,16-3)9-8-11-6-4-5-7-12(11)15-2/h4-7,14H,8-10H2,1-3H3. The Hall–Kier alpha value is -1.06. The highest BCUT2D eigenvalue weighted by Crippen LogP contribution is 2.23. The maximum atomic E-state index is 9.23. The first-order chi connectivity index (χ1) is 7.65. The van der Waals surface area contributed by atoms with E-state index in [2.05, 4.69) is 0 Å². The molecule has 1 rings (SSSR count). The number of para-hydroxylation sites is 1. The predicted molar refractivity (Wildman–Crippen MR) is 63.8 cm³/mol. The molecule has 0 amide bonds. The largest absolute Gasteiger partial charge is 0.496 e. The van der Waals surface area contributed by atoms with E-state index in [1.54, 1.807) is 14.2 Å². The molecule has 0 heterocycles. The van der Waals surface area contributed by atoms with Crippen LogP contribution in [0.3, 0.4) is 0 Å². The molecule has 0 aromatic heterocycles. The van der Waals surface area contributed by atoms with Gasteiger partial charge in [0.15, 0.2) is 0 Å². The Balaban J connectivity index is 2.67. The van der Waals surface area contributed by atoms with Crippen molar-refractivity contribution in [3.8, 4) is 5.75 Å². The molecule has 0 aliphatic heterocycles. The molecule has 0 saturated carbocycles. The molecule has 0 bridgehead atoms. The predicted octanol–water partition coefficient (Wildman–Crippen LogP) is 2.03. The summed E-state index contributed by atoms with van der Waals surface area (Å²) in [7, 11) is 3.29. The lowest BCUT2D eigenvalue weighted by Crippen LogP contribution is -2.32. The number of benzene rings is 1. The van der Waals surface area contributed by atoms with Crippen molar-refractivity contribution in [1.82, 2.24) is 0 Å². The average molecular weight is 224 g/mol. The van der Waals surface area contributed by atoms with E-state index in [-0.39, 0.29) is 6.61 Å². The summed E-state index contributed by atoms with van der Waals surface area (Å²) in [6.07, 6.45) is 1.59. The summed E-state index contributed by atoms with van der Waals surface area (Å²) in [4.78, 5) is 0. The van der Waals surface area contributed by atoms with Gasteiger partial charge in [0.05, 0.1) is 19.3 Å². The highest BCUT2D eigenvalue weighted by molar-refractivity contribution is 5.33. The van der Waals surface area contributed by atoms with E-state index in [1.807, 2.05) is 31.2 Å². The van der Waals surface area contributed by atoms with E-state index in [1.165, 1.54) is 0 Å². The van der Waals surface area contributed by atoms with E-state index in [0.717, 1.165) is 24.2 Å². The molecule has 0 spiro atoms. The number of ether oxygens (including phenoxy) is 2. The van der Waals surface area contributed by atoms with Crippen molar-refractivity contribution >= 4 is 0 Å². The zero-order chi connectivity index (χ0) is 12.0. The minimum absolute atomic E-state index is 0.0264. The number of aliphatic hydroxyl groups is 1. The van der Waals surface area contributed by atoms with E-state index in [0.29, 0.717) is 0 Å². The van der Waals surface area contributed by atoms with Gasteiger partial charge in [-0.25, -0.2) is 0 Å². The summed E-state index contributed by atoms with van der Waals surface area (Å²) in [6.45, 7) is 1.93. The lowest BCUT2D eigenvalue weighted by molar-refractivity contribution is -0.0429. The highest BCUT2D eigenvalue weighted by atomic mass is 16.5. The molecular formula is C13H20O3. The van der Waals surface area contributed by atoms with Gasteiger partial charge >= 0.3 is 0 Å². The topological polar surface area (TPSA) is 38.7 Å². The molecule has 1 N–H and O–H groups in total. The van der Waals surface area contributed by atoms with Gasteiger partial charge in [0.2, 0.25) is 0 Å². The third-order valence-electron chi connectivity index (χ3n) is 2.94. The fourth-order valence-electron chi connectivity index (χ4n) is 1.55. The quantitative estimate of drug-likeness (QED) is 0.803. The first-order valence-corrected chi connectivity index (χ1v) is 5.43. The molecule has 0 fully saturated rings. The van der Waals surface area contributed by atoms with Gasteiger partial charge in [-0.15, -0.1) is 0 Å². The van der Waals surface area contributed by atoms with E-state index in [4.69, 9.17) is 9.47 Å². The highest BCUT2D eigenvalue weighted by Gasteiger charge is 2.22. The normalized spacial score (nSPS) is 14.5. The smallest absolute Gasteiger partial charge is 0.122 e. The minimum Gasteiger partial charge on any atom is -0.496 e. The van der Waals surface area contributed by atoms with Gasteiger partial charge in [-0.05, 0) is 31.4 Å². The van der Waals surface area contributed by atoms with E-state index < -0.39 is 5.60 Å². The molecule has 1 atom stereocenters. The van der Waals surface area contributed by atoms with Crippen molar-refractivity contribution in [1.29, 1.82) is 0 Å². The van der Waals surface area contributed by atoms with Crippen molar-refractivity contribution in [3.63, 3.8) is 0 Å². The molecule has 3 nitrogen and oxygen atoms in total. The monoisotopic (exact) mass is 224 g/mol. The van der Waals surface area contributed by atoms with Crippen LogP contribution in [0.4, 0.5) is 0 Å². The van der Waals surface area contributed by atoms with Gasteiger partial charge in [0.1, 0.15) is 5.75 Å². The van der Waals surface area contributed by atoms with Crippen molar-refractivity contribution in [2.24, 2.45) is 0 Å². The second-order valence-corrected chi connectivity index (χ2v) is 4.12. The molecule has 0 aliphatic rings. The number of aliphatic hydroxyl groups excluding tert-OH is 1. The van der Waals surface area contributed by atoms with Crippen LogP contribution in [-0.2, 0) is 11.2 Å². The van der Waals surface area contributed by atoms with Crippen LogP contribution in [-0.4, -0.2) is 31.5 Å². The third-order valence-corrected chi connectivity index (χ3v) is 2.94. The van der Waals surface area contributed by atoms with Crippen LogP contribution >= 0.6 is 0 Å². The van der Waals surface area contributed by atoms with Crippen LogP contribution in [0.1, 0.15) is 18.9 Å². The molecule has 1 aromatic carbocycles.